The minimum absolute atomic E-state index is 0.188. The summed E-state index contributed by atoms with van der Waals surface area (Å²) >= 11 is 0. The zero-order chi connectivity index (χ0) is 18.9. The number of ether oxygens (including phenoxy) is 3. The third-order valence-electron chi connectivity index (χ3n) is 4.72. The highest BCUT2D eigenvalue weighted by atomic mass is 16.6. The summed E-state index contributed by atoms with van der Waals surface area (Å²) in [4.78, 5) is 16.6. The molecule has 2 atom stereocenters. The van der Waals surface area contributed by atoms with E-state index in [1.54, 1.807) is 14.2 Å². The zero-order valence-corrected chi connectivity index (χ0v) is 16.2. The second kappa shape index (κ2) is 7.19. The number of fused-ring (bicyclic) bond motifs is 2. The first kappa shape index (κ1) is 18.6. The van der Waals surface area contributed by atoms with E-state index < -0.39 is 5.60 Å². The van der Waals surface area contributed by atoms with Gasteiger partial charge >= 0.3 is 6.09 Å². The summed E-state index contributed by atoms with van der Waals surface area (Å²) in [5.41, 5.74) is 0.634. The van der Waals surface area contributed by atoms with Crippen LogP contribution in [-0.2, 0) is 11.3 Å². The van der Waals surface area contributed by atoms with E-state index in [0.717, 1.165) is 23.6 Å². The van der Waals surface area contributed by atoms with Crippen molar-refractivity contribution in [3.8, 4) is 11.5 Å². The molecule has 26 heavy (non-hydrogen) atoms. The predicted octanol–water partition coefficient (Wildman–Crippen LogP) is 3.06. The summed E-state index contributed by atoms with van der Waals surface area (Å²) in [6.07, 6.45) is 4.13. The molecular formula is C20H28N2O4. The zero-order valence-electron chi connectivity index (χ0n) is 16.2. The molecule has 2 aliphatic rings. The standard InChI is InChI=1S/C20H28N2O4/c1-20(2,3)26-19(23)21-12-15-7-8-16(13-21)22(15)11-14-6-9-17(24-4)10-18(14)25-5/h6-10,15-16H,11-13H2,1-5H3. The lowest BCUT2D eigenvalue weighted by atomic mass is 10.1. The fourth-order valence-electron chi connectivity index (χ4n) is 3.47. The first-order valence-corrected chi connectivity index (χ1v) is 8.93. The van der Waals surface area contributed by atoms with Gasteiger partial charge in [-0.25, -0.2) is 4.79 Å². The normalized spacial score (nSPS) is 22.4. The van der Waals surface area contributed by atoms with E-state index in [4.69, 9.17) is 14.2 Å². The monoisotopic (exact) mass is 360 g/mol. The lowest BCUT2D eigenvalue weighted by molar-refractivity contribution is 0.00292. The van der Waals surface area contributed by atoms with Crippen molar-refractivity contribution in [2.24, 2.45) is 0 Å². The van der Waals surface area contributed by atoms with Crippen LogP contribution >= 0.6 is 0 Å². The van der Waals surface area contributed by atoms with E-state index >= 15 is 0 Å². The lowest BCUT2D eigenvalue weighted by Crippen LogP contribution is -2.56. The van der Waals surface area contributed by atoms with Gasteiger partial charge in [0.1, 0.15) is 17.1 Å². The van der Waals surface area contributed by atoms with Crippen molar-refractivity contribution < 1.29 is 19.0 Å². The second-order valence-electron chi connectivity index (χ2n) is 7.76. The second-order valence-corrected chi connectivity index (χ2v) is 7.76. The van der Waals surface area contributed by atoms with Crippen LogP contribution in [0.25, 0.3) is 0 Å². The van der Waals surface area contributed by atoms with E-state index in [-0.39, 0.29) is 18.2 Å². The Kier molecular flexibility index (Phi) is 5.14. The van der Waals surface area contributed by atoms with Gasteiger partial charge in [-0.2, -0.15) is 0 Å². The number of piperazine rings is 1. The first-order valence-electron chi connectivity index (χ1n) is 8.93. The Balaban J connectivity index is 1.69. The van der Waals surface area contributed by atoms with Crippen LogP contribution in [0.2, 0.25) is 0 Å². The summed E-state index contributed by atoms with van der Waals surface area (Å²) in [5, 5.41) is 0. The molecule has 0 N–H and O–H groups in total. The molecule has 1 aromatic carbocycles. The van der Waals surface area contributed by atoms with Gasteiger partial charge in [0.15, 0.2) is 0 Å². The van der Waals surface area contributed by atoms with Crippen LogP contribution in [0.3, 0.4) is 0 Å². The van der Waals surface area contributed by atoms with Crippen molar-refractivity contribution in [1.29, 1.82) is 0 Å². The van der Waals surface area contributed by atoms with Gasteiger partial charge < -0.3 is 19.1 Å². The highest BCUT2D eigenvalue weighted by Gasteiger charge is 2.39. The molecule has 2 bridgehead atoms. The lowest BCUT2D eigenvalue weighted by Gasteiger charge is -2.41. The van der Waals surface area contributed by atoms with Crippen LogP contribution in [0.15, 0.2) is 30.4 Å². The van der Waals surface area contributed by atoms with Crippen molar-refractivity contribution in [2.75, 3.05) is 27.3 Å². The van der Waals surface area contributed by atoms with Crippen molar-refractivity contribution in [3.05, 3.63) is 35.9 Å². The topological polar surface area (TPSA) is 51.2 Å². The SMILES string of the molecule is COc1ccc(CN2C3C=CC2CN(C(=O)OC(C)(C)C)C3)c(OC)c1. The molecule has 2 unspecified atom stereocenters. The van der Waals surface area contributed by atoms with Crippen molar-refractivity contribution >= 4 is 6.09 Å². The maximum atomic E-state index is 12.4. The van der Waals surface area contributed by atoms with Gasteiger partial charge in [0.2, 0.25) is 0 Å². The smallest absolute Gasteiger partial charge is 0.410 e. The molecule has 0 saturated carbocycles. The molecule has 0 spiro atoms. The highest BCUT2D eigenvalue weighted by molar-refractivity contribution is 5.68. The van der Waals surface area contributed by atoms with Crippen LogP contribution in [0, 0.1) is 0 Å². The number of benzene rings is 1. The fourth-order valence-corrected chi connectivity index (χ4v) is 3.47. The summed E-state index contributed by atoms with van der Waals surface area (Å²) in [6.45, 7) is 7.72. The molecule has 0 radical (unpaired) electrons. The van der Waals surface area contributed by atoms with E-state index in [0.29, 0.717) is 13.1 Å². The molecule has 3 rings (SSSR count). The minimum Gasteiger partial charge on any atom is -0.497 e. The minimum atomic E-state index is -0.475. The predicted molar refractivity (Wildman–Crippen MR) is 99.6 cm³/mol. The van der Waals surface area contributed by atoms with Gasteiger partial charge in [-0.05, 0) is 26.8 Å². The molecule has 6 nitrogen and oxygen atoms in total. The molecular weight excluding hydrogens is 332 g/mol. The van der Waals surface area contributed by atoms with E-state index in [9.17, 15) is 4.79 Å². The summed E-state index contributed by atoms with van der Waals surface area (Å²) in [6, 6.07) is 6.27. The summed E-state index contributed by atoms with van der Waals surface area (Å²) in [5.74, 6) is 1.60. The fraction of sp³-hybridized carbons (Fsp3) is 0.550. The van der Waals surface area contributed by atoms with Crippen LogP contribution in [-0.4, -0.2) is 60.9 Å². The van der Waals surface area contributed by atoms with Gasteiger partial charge in [-0.3, -0.25) is 4.90 Å². The van der Waals surface area contributed by atoms with Crippen molar-refractivity contribution in [2.45, 2.75) is 45.0 Å². The summed E-state index contributed by atoms with van der Waals surface area (Å²) < 4.78 is 16.3. The molecule has 6 heteroatoms. The first-order chi connectivity index (χ1) is 12.3. The quantitative estimate of drug-likeness (QED) is 0.773. The Morgan fingerprint density at radius 2 is 1.77 bits per heavy atom. The largest absolute Gasteiger partial charge is 0.497 e. The van der Waals surface area contributed by atoms with Crippen LogP contribution < -0.4 is 9.47 Å². The Bertz CT molecular complexity index is 680. The van der Waals surface area contributed by atoms with Gasteiger partial charge in [0, 0.05) is 43.3 Å². The van der Waals surface area contributed by atoms with Crippen LogP contribution in [0.4, 0.5) is 4.79 Å². The third-order valence-corrected chi connectivity index (χ3v) is 4.72. The third kappa shape index (κ3) is 3.96. The number of carbonyl (C=O) groups excluding carboxylic acids is 1. The number of amides is 1. The van der Waals surface area contributed by atoms with E-state index in [1.807, 2.05) is 43.9 Å². The van der Waals surface area contributed by atoms with Crippen LogP contribution in [0.5, 0.6) is 11.5 Å². The number of nitrogens with zero attached hydrogens (tertiary/aromatic N) is 2. The Labute approximate surface area is 155 Å². The van der Waals surface area contributed by atoms with Gasteiger partial charge in [-0.15, -0.1) is 0 Å². The maximum absolute atomic E-state index is 12.4. The summed E-state index contributed by atoms with van der Waals surface area (Å²) in [7, 11) is 3.32. The highest BCUT2D eigenvalue weighted by Crippen LogP contribution is 2.31. The van der Waals surface area contributed by atoms with E-state index in [2.05, 4.69) is 17.1 Å². The Morgan fingerprint density at radius 1 is 1.12 bits per heavy atom. The van der Waals surface area contributed by atoms with Gasteiger partial charge in [0.25, 0.3) is 0 Å². The molecule has 1 aromatic rings. The average molecular weight is 360 g/mol. The number of methoxy groups -OCH3 is 2. The number of hydrogen-bond donors (Lipinski definition) is 0. The maximum Gasteiger partial charge on any atom is 0.410 e. The number of rotatable bonds is 4. The molecule has 1 fully saturated rings. The molecule has 1 amide bonds. The molecule has 0 aliphatic carbocycles. The van der Waals surface area contributed by atoms with Gasteiger partial charge in [-0.1, -0.05) is 18.2 Å². The molecule has 142 valence electrons. The number of carbonyl (C=O) groups is 1. The molecule has 1 saturated heterocycles. The number of hydrogen-bond acceptors (Lipinski definition) is 5. The molecule has 2 aliphatic heterocycles. The molecule has 0 aromatic heterocycles. The van der Waals surface area contributed by atoms with E-state index in [1.165, 1.54) is 0 Å². The van der Waals surface area contributed by atoms with Crippen molar-refractivity contribution in [1.82, 2.24) is 9.80 Å². The Morgan fingerprint density at radius 3 is 2.31 bits per heavy atom. The molecule has 2 heterocycles. The van der Waals surface area contributed by atoms with Gasteiger partial charge in [0.05, 0.1) is 14.2 Å². The van der Waals surface area contributed by atoms with Crippen LogP contribution in [0.1, 0.15) is 26.3 Å². The average Bonchev–Trinajstić information content (AvgIpc) is 2.81. The van der Waals surface area contributed by atoms with Crippen molar-refractivity contribution in [3.63, 3.8) is 0 Å². The Hall–Kier alpha value is -2.21.